The summed E-state index contributed by atoms with van der Waals surface area (Å²) in [5.74, 6) is 0.668. The Labute approximate surface area is 151 Å². The lowest BCUT2D eigenvalue weighted by Gasteiger charge is -2.29. The van der Waals surface area contributed by atoms with Crippen LogP contribution in [0, 0.1) is 18.3 Å². The van der Waals surface area contributed by atoms with E-state index in [1.807, 2.05) is 24.0 Å². The van der Waals surface area contributed by atoms with Crippen molar-refractivity contribution in [3.8, 4) is 0 Å². The number of carboxylic acid groups (broad SMARTS) is 1. The predicted octanol–water partition coefficient (Wildman–Crippen LogP) is 1.38. The van der Waals surface area contributed by atoms with Gasteiger partial charge in [-0.05, 0) is 38.0 Å². The van der Waals surface area contributed by atoms with Crippen LogP contribution in [0.3, 0.4) is 0 Å². The highest BCUT2D eigenvalue weighted by Gasteiger charge is 2.54. The van der Waals surface area contributed by atoms with E-state index in [1.54, 1.807) is 18.5 Å². The minimum atomic E-state index is -0.772. The molecule has 2 fully saturated rings. The van der Waals surface area contributed by atoms with E-state index in [0.717, 1.165) is 24.5 Å². The zero-order valence-corrected chi connectivity index (χ0v) is 14.7. The summed E-state index contributed by atoms with van der Waals surface area (Å²) in [6.45, 7) is 4.43. The number of aliphatic carboxylic acids is 1. The summed E-state index contributed by atoms with van der Waals surface area (Å²) >= 11 is 0. The van der Waals surface area contributed by atoms with Crippen LogP contribution in [0.5, 0.6) is 0 Å². The molecule has 2 aromatic rings. The van der Waals surface area contributed by atoms with Crippen LogP contribution in [0.25, 0.3) is 0 Å². The second-order valence-corrected chi connectivity index (χ2v) is 7.17. The molecule has 2 atom stereocenters. The largest absolute Gasteiger partial charge is 0.481 e. The molecule has 0 amide bonds. The maximum absolute atomic E-state index is 12.3. The van der Waals surface area contributed by atoms with E-state index in [-0.39, 0.29) is 5.92 Å². The van der Waals surface area contributed by atoms with Crippen molar-refractivity contribution in [2.24, 2.45) is 11.3 Å². The van der Waals surface area contributed by atoms with E-state index < -0.39 is 11.4 Å². The highest BCUT2D eigenvalue weighted by molar-refractivity contribution is 5.77. The van der Waals surface area contributed by atoms with Crippen molar-refractivity contribution in [1.29, 1.82) is 0 Å². The van der Waals surface area contributed by atoms with Crippen LogP contribution in [0.4, 0.5) is 11.8 Å². The molecule has 26 heavy (non-hydrogen) atoms. The fourth-order valence-electron chi connectivity index (χ4n) is 4.16. The molecule has 8 nitrogen and oxygen atoms in total. The molecule has 4 heterocycles. The maximum Gasteiger partial charge on any atom is 0.311 e. The van der Waals surface area contributed by atoms with Crippen molar-refractivity contribution in [2.45, 2.75) is 19.8 Å². The molecule has 0 aliphatic carbocycles. The summed E-state index contributed by atoms with van der Waals surface area (Å²) in [6.07, 6.45) is 4.84. The Morgan fingerprint density at radius 1 is 1.19 bits per heavy atom. The number of nitrogens with zero attached hydrogens (tertiary/aromatic N) is 6. The Bertz CT molecular complexity index is 784. The van der Waals surface area contributed by atoms with Crippen molar-refractivity contribution < 1.29 is 9.90 Å². The minimum Gasteiger partial charge on any atom is -0.481 e. The first kappa shape index (κ1) is 16.7. The van der Waals surface area contributed by atoms with Crippen LogP contribution >= 0.6 is 0 Å². The topological polar surface area (TPSA) is 95.3 Å². The van der Waals surface area contributed by atoms with Crippen LogP contribution in [0.1, 0.15) is 18.5 Å². The van der Waals surface area contributed by atoms with E-state index in [4.69, 9.17) is 0 Å². The first-order valence-electron chi connectivity index (χ1n) is 8.89. The number of hydrogen-bond donors (Lipinski definition) is 1. The van der Waals surface area contributed by atoms with Gasteiger partial charge in [0.25, 0.3) is 0 Å². The summed E-state index contributed by atoms with van der Waals surface area (Å²) in [5, 5.41) is 18.5. The lowest BCUT2D eigenvalue weighted by molar-refractivity contribution is -0.150. The number of rotatable bonds is 3. The Morgan fingerprint density at radius 2 is 1.96 bits per heavy atom. The Morgan fingerprint density at radius 3 is 2.65 bits per heavy atom. The maximum atomic E-state index is 12.3. The van der Waals surface area contributed by atoms with Gasteiger partial charge < -0.3 is 14.9 Å². The quantitative estimate of drug-likeness (QED) is 0.883. The van der Waals surface area contributed by atoms with Crippen LogP contribution in [0.15, 0.2) is 30.6 Å². The van der Waals surface area contributed by atoms with Crippen molar-refractivity contribution >= 4 is 17.7 Å². The standard InChI is InChI=1S/C18H22N6O2/c1-13-4-5-15(22-21-13)23-9-2-6-18(16(25)26)12-24(11-14(18)10-23)17-19-7-3-8-20-17/h3-5,7-8,14H,2,6,9-12H2,1H3,(H,25,26)/t14-,18-/m1/s1. The normalized spacial score (nSPS) is 25.7. The summed E-state index contributed by atoms with van der Waals surface area (Å²) < 4.78 is 0. The molecule has 8 heteroatoms. The first-order chi connectivity index (χ1) is 12.6. The molecule has 2 aliphatic heterocycles. The average Bonchev–Trinajstić information content (AvgIpc) is 2.92. The number of fused-ring (bicyclic) bond motifs is 1. The van der Waals surface area contributed by atoms with Gasteiger partial charge in [0.05, 0.1) is 11.1 Å². The number of hydrogen-bond acceptors (Lipinski definition) is 7. The summed E-state index contributed by atoms with van der Waals surface area (Å²) in [6, 6.07) is 5.67. The van der Waals surface area contributed by atoms with Gasteiger partial charge in [-0.3, -0.25) is 4.79 Å². The molecular formula is C18H22N6O2. The Balaban J connectivity index is 1.62. The molecule has 0 spiro atoms. The van der Waals surface area contributed by atoms with Crippen LogP contribution in [0.2, 0.25) is 0 Å². The molecule has 1 N–H and O–H groups in total. The van der Waals surface area contributed by atoms with Gasteiger partial charge >= 0.3 is 5.97 Å². The smallest absolute Gasteiger partial charge is 0.311 e. The van der Waals surface area contributed by atoms with Gasteiger partial charge in [0.2, 0.25) is 5.95 Å². The summed E-state index contributed by atoms with van der Waals surface area (Å²) in [4.78, 5) is 25.0. The third-order valence-corrected chi connectivity index (χ3v) is 5.56. The molecule has 2 aromatic heterocycles. The Hall–Kier alpha value is -2.77. The van der Waals surface area contributed by atoms with Gasteiger partial charge in [-0.25, -0.2) is 9.97 Å². The molecule has 2 saturated heterocycles. The molecule has 0 saturated carbocycles. The van der Waals surface area contributed by atoms with Gasteiger partial charge in [-0.15, -0.1) is 5.10 Å². The molecule has 136 valence electrons. The van der Waals surface area contributed by atoms with E-state index in [9.17, 15) is 9.90 Å². The molecule has 0 aromatic carbocycles. The number of anilines is 2. The lowest BCUT2D eigenvalue weighted by atomic mass is 9.75. The average molecular weight is 354 g/mol. The number of carboxylic acids is 1. The third kappa shape index (κ3) is 2.85. The van der Waals surface area contributed by atoms with Crippen molar-refractivity contribution in [1.82, 2.24) is 20.2 Å². The third-order valence-electron chi connectivity index (χ3n) is 5.56. The fourth-order valence-corrected chi connectivity index (χ4v) is 4.16. The molecule has 0 bridgehead atoms. The summed E-state index contributed by atoms with van der Waals surface area (Å²) in [7, 11) is 0. The van der Waals surface area contributed by atoms with Gasteiger partial charge in [0, 0.05) is 44.5 Å². The zero-order valence-electron chi connectivity index (χ0n) is 14.7. The SMILES string of the molecule is Cc1ccc(N2CCC[C@@]3(C(=O)O)CN(c4ncccn4)C[C@H]3C2)nn1. The molecule has 2 aliphatic rings. The number of aromatic nitrogens is 4. The van der Waals surface area contributed by atoms with E-state index in [1.165, 1.54) is 0 Å². The van der Waals surface area contributed by atoms with Gasteiger partial charge in [0.1, 0.15) is 0 Å². The molecule has 4 rings (SSSR count). The van der Waals surface area contributed by atoms with Gasteiger partial charge in [-0.2, -0.15) is 5.10 Å². The second-order valence-electron chi connectivity index (χ2n) is 7.17. The molecular weight excluding hydrogens is 332 g/mol. The fraction of sp³-hybridized carbons (Fsp3) is 0.500. The number of carbonyl (C=O) groups is 1. The molecule has 0 radical (unpaired) electrons. The Kier molecular flexibility index (Phi) is 4.18. The lowest BCUT2D eigenvalue weighted by Crippen LogP contribution is -2.41. The number of aryl methyl sites for hydroxylation is 1. The predicted molar refractivity (Wildman–Crippen MR) is 96.0 cm³/mol. The highest BCUT2D eigenvalue weighted by atomic mass is 16.4. The van der Waals surface area contributed by atoms with Crippen LogP contribution in [-0.4, -0.2) is 57.4 Å². The van der Waals surface area contributed by atoms with Crippen molar-refractivity contribution in [3.05, 3.63) is 36.3 Å². The van der Waals surface area contributed by atoms with Crippen LogP contribution < -0.4 is 9.80 Å². The summed E-state index contributed by atoms with van der Waals surface area (Å²) in [5.41, 5.74) is 0.100. The van der Waals surface area contributed by atoms with Crippen molar-refractivity contribution in [3.63, 3.8) is 0 Å². The highest BCUT2D eigenvalue weighted by Crippen LogP contribution is 2.44. The minimum absolute atomic E-state index is 0.0191. The zero-order chi connectivity index (χ0) is 18.1. The van der Waals surface area contributed by atoms with E-state index in [0.29, 0.717) is 32.0 Å². The monoisotopic (exact) mass is 354 g/mol. The second kappa shape index (κ2) is 6.51. The van der Waals surface area contributed by atoms with Crippen LogP contribution in [-0.2, 0) is 4.79 Å². The molecule has 0 unspecified atom stereocenters. The van der Waals surface area contributed by atoms with E-state index >= 15 is 0 Å². The van der Waals surface area contributed by atoms with Gasteiger partial charge in [0.15, 0.2) is 5.82 Å². The van der Waals surface area contributed by atoms with Gasteiger partial charge in [-0.1, -0.05) is 0 Å². The van der Waals surface area contributed by atoms with E-state index in [2.05, 4.69) is 25.1 Å². The van der Waals surface area contributed by atoms with Crippen molar-refractivity contribution in [2.75, 3.05) is 36.0 Å². The first-order valence-corrected chi connectivity index (χ1v) is 8.89.